The van der Waals surface area contributed by atoms with Crippen molar-refractivity contribution in [2.75, 3.05) is 6.61 Å². The second-order valence-electron chi connectivity index (χ2n) is 3.06. The zero-order valence-electron chi connectivity index (χ0n) is 7.86. The van der Waals surface area contributed by atoms with Gasteiger partial charge in [-0.2, -0.15) is 0 Å². The summed E-state index contributed by atoms with van der Waals surface area (Å²) in [5.74, 6) is -1.54. The quantitative estimate of drug-likeness (QED) is 0.694. The van der Waals surface area contributed by atoms with Gasteiger partial charge in [-0.15, -0.1) is 0 Å². The van der Waals surface area contributed by atoms with E-state index in [-0.39, 0.29) is 19.4 Å². The van der Waals surface area contributed by atoms with Gasteiger partial charge in [0.15, 0.2) is 0 Å². The fourth-order valence-corrected chi connectivity index (χ4v) is 1.15. The number of carbonyl (C=O) groups is 1. The largest absolute Gasteiger partial charge is 0.396 e. The van der Waals surface area contributed by atoms with Crippen LogP contribution >= 0.6 is 0 Å². The van der Waals surface area contributed by atoms with Crippen LogP contribution < -0.4 is 0 Å². The van der Waals surface area contributed by atoms with Gasteiger partial charge in [0.1, 0.15) is 5.92 Å². The predicted octanol–water partition coefficient (Wildman–Crippen LogP) is 1.16. The third kappa shape index (κ3) is 2.63. The highest BCUT2D eigenvalue weighted by Gasteiger charge is 2.30. The zero-order valence-corrected chi connectivity index (χ0v) is 7.86. The van der Waals surface area contributed by atoms with E-state index in [1.165, 1.54) is 6.08 Å². The third-order valence-electron chi connectivity index (χ3n) is 1.96. The lowest BCUT2D eigenvalue weighted by Crippen LogP contribution is -2.16. The van der Waals surface area contributed by atoms with Crippen molar-refractivity contribution < 1.29 is 19.1 Å². The van der Waals surface area contributed by atoms with Crippen molar-refractivity contribution in [1.82, 2.24) is 0 Å². The Morgan fingerprint density at radius 3 is 3.00 bits per heavy atom. The van der Waals surface area contributed by atoms with Gasteiger partial charge in [-0.1, -0.05) is 11.2 Å². The van der Waals surface area contributed by atoms with E-state index in [4.69, 9.17) is 5.11 Å². The van der Waals surface area contributed by atoms with E-state index in [1.807, 2.05) is 0 Å². The van der Waals surface area contributed by atoms with E-state index >= 15 is 0 Å². The molecular formula is C9H12FNO3. The van der Waals surface area contributed by atoms with E-state index in [1.54, 1.807) is 6.92 Å². The van der Waals surface area contributed by atoms with Crippen molar-refractivity contribution in [3.63, 3.8) is 0 Å². The molecule has 0 aromatic carbocycles. The molecule has 1 unspecified atom stereocenters. The molecule has 1 heterocycles. The topological polar surface area (TPSA) is 58.9 Å². The maximum atomic E-state index is 13.1. The number of aliphatic hydroxyl groups excluding tert-OH is 1. The van der Waals surface area contributed by atoms with Crippen LogP contribution in [0.25, 0.3) is 0 Å². The van der Waals surface area contributed by atoms with Gasteiger partial charge in [-0.3, -0.25) is 0 Å². The van der Waals surface area contributed by atoms with E-state index in [9.17, 15) is 9.18 Å². The van der Waals surface area contributed by atoms with Crippen LogP contribution in [0.1, 0.15) is 19.8 Å². The Morgan fingerprint density at radius 2 is 2.50 bits per heavy atom. The first-order chi connectivity index (χ1) is 6.65. The van der Waals surface area contributed by atoms with Gasteiger partial charge in [0.05, 0.1) is 11.5 Å². The SMILES string of the molecule is CC1=NOC(=O)C1CC(F)=CCCO. The Labute approximate surface area is 81.0 Å². The first kappa shape index (κ1) is 10.8. The summed E-state index contributed by atoms with van der Waals surface area (Å²) >= 11 is 0. The normalized spacial score (nSPS) is 22.2. The molecule has 78 valence electrons. The van der Waals surface area contributed by atoms with Crippen molar-refractivity contribution in [2.24, 2.45) is 11.1 Å². The second kappa shape index (κ2) is 4.85. The Hall–Kier alpha value is -1.23. The number of nitrogens with zero attached hydrogens (tertiary/aromatic N) is 1. The van der Waals surface area contributed by atoms with E-state index in [0.29, 0.717) is 5.71 Å². The average Bonchev–Trinajstić information content (AvgIpc) is 2.46. The van der Waals surface area contributed by atoms with Crippen LogP contribution in [0, 0.1) is 5.92 Å². The summed E-state index contributed by atoms with van der Waals surface area (Å²) in [7, 11) is 0. The van der Waals surface area contributed by atoms with Crippen LogP contribution in [-0.4, -0.2) is 23.4 Å². The molecule has 1 N–H and O–H groups in total. The lowest BCUT2D eigenvalue weighted by atomic mass is 10.0. The lowest BCUT2D eigenvalue weighted by Gasteiger charge is -2.03. The van der Waals surface area contributed by atoms with Crippen LogP contribution in [0.2, 0.25) is 0 Å². The van der Waals surface area contributed by atoms with Crippen LogP contribution in [0.3, 0.4) is 0 Å². The first-order valence-electron chi connectivity index (χ1n) is 4.36. The maximum absolute atomic E-state index is 13.1. The molecular weight excluding hydrogens is 189 g/mol. The lowest BCUT2D eigenvalue weighted by molar-refractivity contribution is -0.143. The number of carbonyl (C=O) groups excluding carboxylic acids is 1. The number of halogens is 1. The zero-order chi connectivity index (χ0) is 10.6. The molecule has 0 aromatic heterocycles. The first-order valence-corrected chi connectivity index (χ1v) is 4.36. The molecule has 0 aliphatic carbocycles. The summed E-state index contributed by atoms with van der Waals surface area (Å²) in [5.41, 5.74) is 0.488. The van der Waals surface area contributed by atoms with Gasteiger partial charge in [-0.25, -0.2) is 9.18 Å². The highest BCUT2D eigenvalue weighted by atomic mass is 19.1. The van der Waals surface area contributed by atoms with Gasteiger partial charge < -0.3 is 9.94 Å². The smallest absolute Gasteiger partial charge is 0.344 e. The molecule has 1 rings (SSSR count). The number of aliphatic hydroxyl groups is 1. The van der Waals surface area contributed by atoms with Crippen molar-refractivity contribution in [1.29, 1.82) is 0 Å². The van der Waals surface area contributed by atoms with Crippen molar-refractivity contribution in [2.45, 2.75) is 19.8 Å². The van der Waals surface area contributed by atoms with E-state index in [2.05, 4.69) is 9.99 Å². The fraction of sp³-hybridized carbons (Fsp3) is 0.556. The average molecular weight is 201 g/mol. The van der Waals surface area contributed by atoms with E-state index in [0.717, 1.165) is 0 Å². The third-order valence-corrected chi connectivity index (χ3v) is 1.96. The highest BCUT2D eigenvalue weighted by molar-refractivity contribution is 6.03. The maximum Gasteiger partial charge on any atom is 0.344 e. The standard InChI is InChI=1S/C9H12FNO3/c1-6-8(9(13)14-11-6)5-7(10)3-2-4-12/h3,8,12H,2,4-5H2,1H3. The number of rotatable bonds is 4. The summed E-state index contributed by atoms with van der Waals surface area (Å²) in [6.07, 6.45) is 1.48. The minimum atomic E-state index is -0.607. The van der Waals surface area contributed by atoms with Gasteiger partial charge >= 0.3 is 5.97 Å². The monoisotopic (exact) mass is 201 g/mol. The Kier molecular flexibility index (Phi) is 3.76. The molecule has 0 aromatic rings. The summed E-state index contributed by atoms with van der Waals surface area (Å²) in [4.78, 5) is 15.4. The molecule has 0 saturated carbocycles. The van der Waals surface area contributed by atoms with Crippen LogP contribution in [0.4, 0.5) is 4.39 Å². The molecule has 0 amide bonds. The molecule has 4 nitrogen and oxygen atoms in total. The number of allylic oxidation sites excluding steroid dienone is 1. The molecule has 0 fully saturated rings. The van der Waals surface area contributed by atoms with Crippen LogP contribution in [-0.2, 0) is 9.63 Å². The summed E-state index contributed by atoms with van der Waals surface area (Å²) in [5, 5.41) is 11.9. The number of hydrogen-bond acceptors (Lipinski definition) is 4. The van der Waals surface area contributed by atoms with Gasteiger partial charge in [-0.05, 0) is 13.3 Å². The second-order valence-corrected chi connectivity index (χ2v) is 3.06. The van der Waals surface area contributed by atoms with Gasteiger partial charge in [0.25, 0.3) is 0 Å². The highest BCUT2D eigenvalue weighted by Crippen LogP contribution is 2.21. The Morgan fingerprint density at radius 1 is 1.79 bits per heavy atom. The number of oxime groups is 1. The fourth-order valence-electron chi connectivity index (χ4n) is 1.15. The van der Waals surface area contributed by atoms with E-state index < -0.39 is 17.7 Å². The van der Waals surface area contributed by atoms with Crippen LogP contribution in [0.15, 0.2) is 17.1 Å². The molecule has 0 saturated heterocycles. The van der Waals surface area contributed by atoms with Crippen molar-refractivity contribution in [3.05, 3.63) is 11.9 Å². The molecule has 1 aliphatic heterocycles. The molecule has 14 heavy (non-hydrogen) atoms. The number of hydrogen-bond donors (Lipinski definition) is 1. The van der Waals surface area contributed by atoms with Gasteiger partial charge in [0.2, 0.25) is 0 Å². The molecule has 5 heteroatoms. The molecule has 0 radical (unpaired) electrons. The van der Waals surface area contributed by atoms with Crippen molar-refractivity contribution >= 4 is 11.7 Å². The Bertz CT molecular complexity index is 286. The summed E-state index contributed by atoms with van der Waals surface area (Å²) in [6, 6.07) is 0. The van der Waals surface area contributed by atoms with Crippen LogP contribution in [0.5, 0.6) is 0 Å². The summed E-state index contributed by atoms with van der Waals surface area (Å²) in [6.45, 7) is 1.52. The Balaban J connectivity index is 2.51. The molecule has 1 atom stereocenters. The summed E-state index contributed by atoms with van der Waals surface area (Å²) < 4.78 is 13.1. The van der Waals surface area contributed by atoms with Gasteiger partial charge in [0, 0.05) is 13.0 Å². The molecule has 0 spiro atoms. The molecule has 1 aliphatic rings. The predicted molar refractivity (Wildman–Crippen MR) is 48.2 cm³/mol. The molecule has 0 bridgehead atoms. The minimum absolute atomic E-state index is 0.0336. The minimum Gasteiger partial charge on any atom is -0.396 e. The van der Waals surface area contributed by atoms with Crippen molar-refractivity contribution in [3.8, 4) is 0 Å².